The second kappa shape index (κ2) is 15.9. The fraction of sp³-hybridized carbons (Fsp3) is 0.103. The van der Waals surface area contributed by atoms with Crippen molar-refractivity contribution in [2.24, 2.45) is 25.5 Å². The molecule has 3 aromatic carbocycles. The normalized spacial score (nSPS) is 13.1. The van der Waals surface area contributed by atoms with Crippen molar-refractivity contribution in [3.8, 4) is 10.6 Å². The molecule has 0 aliphatic rings. The first kappa shape index (κ1) is 31.8. The maximum atomic E-state index is 5.15. The van der Waals surface area contributed by atoms with Crippen LogP contribution in [-0.4, -0.2) is 40.0 Å². The summed E-state index contributed by atoms with van der Waals surface area (Å²) < 4.78 is 1.20. The first-order valence-corrected chi connectivity index (χ1v) is 13.8. The van der Waals surface area contributed by atoms with E-state index in [1.807, 2.05) is 42.5 Å². The number of benzene rings is 3. The molecule has 0 atom stereocenters. The Bertz CT molecular complexity index is 1600. The first-order valence-electron chi connectivity index (χ1n) is 12.2. The van der Waals surface area contributed by atoms with Gasteiger partial charge in [0.25, 0.3) is 0 Å². The molecule has 12 heteroatoms. The average molecular weight is 648 g/mol. The van der Waals surface area contributed by atoms with E-state index in [1.54, 1.807) is 38.4 Å². The largest absolute Gasteiger partial charge is 2.00 e. The Balaban J connectivity index is 0.00000462. The van der Waals surface area contributed by atoms with E-state index in [9.17, 15) is 0 Å². The summed E-state index contributed by atoms with van der Waals surface area (Å²) in [5.41, 5.74) is 9.08. The maximum absolute atomic E-state index is 5.15. The number of hydrogen-bond acceptors (Lipinski definition) is 9. The summed E-state index contributed by atoms with van der Waals surface area (Å²) >= 11 is 11.8. The molecule has 1 aromatic heterocycles. The van der Waals surface area contributed by atoms with Crippen LogP contribution in [0.25, 0.3) is 32.9 Å². The van der Waals surface area contributed by atoms with Gasteiger partial charge in [-0.1, -0.05) is 72.8 Å². The number of nitrogens with zero attached hydrogens (tertiary/aromatic N) is 6. The van der Waals surface area contributed by atoms with Gasteiger partial charge in [0.05, 0.1) is 27.9 Å². The van der Waals surface area contributed by atoms with Gasteiger partial charge in [-0.25, -0.2) is 4.98 Å². The van der Waals surface area contributed by atoms with Gasteiger partial charge in [-0.3, -0.25) is 5.43 Å². The molecule has 0 saturated carbocycles. The number of fused-ring (bicyclic) bond motifs is 1. The fourth-order valence-corrected chi connectivity index (χ4v) is 4.34. The zero-order valence-electron chi connectivity index (χ0n) is 22.8. The molecule has 202 valence electrons. The smallest absolute Gasteiger partial charge is 0.741 e. The fourth-order valence-electron chi connectivity index (χ4n) is 3.24. The summed E-state index contributed by atoms with van der Waals surface area (Å²) in [4.78, 5) is 4.74. The maximum Gasteiger partial charge on any atom is 2.00 e. The summed E-state index contributed by atoms with van der Waals surface area (Å²) in [5, 5.41) is 24.1. The second-order valence-electron chi connectivity index (χ2n) is 8.41. The molecule has 0 amide bonds. The molecule has 41 heavy (non-hydrogen) atoms. The molecule has 0 fully saturated rings. The number of para-hydroxylation sites is 1. The molecule has 0 unspecified atom stereocenters. The van der Waals surface area contributed by atoms with E-state index in [0.29, 0.717) is 11.4 Å². The van der Waals surface area contributed by atoms with E-state index in [1.165, 1.54) is 4.70 Å². The Morgan fingerprint density at radius 1 is 0.756 bits per heavy atom. The quantitative estimate of drug-likeness (QED) is 0.0626. The Kier molecular flexibility index (Phi) is 12.4. The van der Waals surface area contributed by atoms with Crippen LogP contribution in [0.2, 0.25) is 0 Å². The summed E-state index contributed by atoms with van der Waals surface area (Å²) in [7, 11) is 1.68. The Hall–Kier alpha value is -3.70. The number of rotatable bonds is 8. The van der Waals surface area contributed by atoms with Crippen molar-refractivity contribution >= 4 is 86.9 Å². The predicted octanol–water partition coefficient (Wildman–Crippen LogP) is 5.83. The molecule has 4 rings (SSSR count). The minimum Gasteiger partial charge on any atom is -0.741 e. The minimum absolute atomic E-state index is 0. The van der Waals surface area contributed by atoms with Crippen molar-refractivity contribution in [3.05, 3.63) is 89.5 Å². The third kappa shape index (κ3) is 9.72. The van der Waals surface area contributed by atoms with Gasteiger partial charge in [-0.2, -0.15) is 25.5 Å². The van der Waals surface area contributed by atoms with Crippen molar-refractivity contribution in [2.45, 2.75) is 13.8 Å². The Morgan fingerprint density at radius 2 is 1.32 bits per heavy atom. The predicted molar refractivity (Wildman–Crippen MR) is 176 cm³/mol. The molecule has 0 saturated heterocycles. The SMILES string of the molecule is CN/C([S-])=N/N=C(C)/C(C)=N/N=C(\[S-])N/N=C/c1ccc(/C=C/c2ccc(-c3nc4ccccc4s3)cc2)cc1.[Zn+2]. The molecular weight excluding hydrogens is 622 g/mol. The zero-order valence-corrected chi connectivity index (χ0v) is 28.2. The molecule has 0 bridgehead atoms. The van der Waals surface area contributed by atoms with Crippen LogP contribution in [0.5, 0.6) is 0 Å². The van der Waals surface area contributed by atoms with Crippen LogP contribution >= 0.6 is 11.3 Å². The van der Waals surface area contributed by atoms with Crippen LogP contribution in [0.1, 0.15) is 30.5 Å². The van der Waals surface area contributed by atoms with Crippen LogP contribution < -0.4 is 10.7 Å². The topological polar surface area (TPSA) is 98.8 Å². The average Bonchev–Trinajstić information content (AvgIpc) is 3.42. The molecular formula is C29H26N8S3Zn. The number of thiazole rings is 1. The van der Waals surface area contributed by atoms with Gasteiger partial charge in [0.1, 0.15) is 5.01 Å². The number of nitrogens with one attached hydrogen (secondary N) is 2. The van der Waals surface area contributed by atoms with Crippen molar-refractivity contribution < 1.29 is 19.5 Å². The molecule has 2 N–H and O–H groups in total. The first-order chi connectivity index (χ1) is 19.4. The van der Waals surface area contributed by atoms with Crippen LogP contribution in [0.4, 0.5) is 0 Å². The van der Waals surface area contributed by atoms with Gasteiger partial charge in [0.15, 0.2) is 0 Å². The van der Waals surface area contributed by atoms with Crippen molar-refractivity contribution in [2.75, 3.05) is 7.05 Å². The summed E-state index contributed by atoms with van der Waals surface area (Å²) in [6.45, 7) is 3.51. The van der Waals surface area contributed by atoms with E-state index in [4.69, 9.17) is 30.2 Å². The standard InChI is InChI=1S/C29H28N8S3.Zn/c1-19(33-36-28(38)30-3)20(2)34-37-29(39)35-31-18-23-12-10-21(11-13-23)8-9-22-14-16-24(17-15-22)27-32-25-6-4-5-7-26(25)40-27;/h4-18H,1-3H3,(H2,30,36,38)(H2,35,37,39);/q;+2/p-2/b9-8+,31-18+,33-19+,34-20+;. The van der Waals surface area contributed by atoms with Gasteiger partial charge in [0.2, 0.25) is 0 Å². The van der Waals surface area contributed by atoms with E-state index >= 15 is 0 Å². The molecule has 0 radical (unpaired) electrons. The molecule has 4 aromatic rings. The number of aromatic nitrogens is 1. The van der Waals surface area contributed by atoms with Gasteiger partial charge in [-0.05, 0) is 47.8 Å². The van der Waals surface area contributed by atoms with E-state index in [2.05, 4.69) is 78.7 Å². The van der Waals surface area contributed by atoms with Crippen molar-refractivity contribution in [1.82, 2.24) is 15.7 Å². The van der Waals surface area contributed by atoms with Crippen molar-refractivity contribution in [3.63, 3.8) is 0 Å². The van der Waals surface area contributed by atoms with E-state index < -0.39 is 0 Å². The van der Waals surface area contributed by atoms with Crippen LogP contribution in [0.3, 0.4) is 0 Å². The van der Waals surface area contributed by atoms with Crippen LogP contribution in [0, 0.1) is 0 Å². The zero-order chi connectivity index (χ0) is 28.3. The Labute approximate surface area is 267 Å². The van der Waals surface area contributed by atoms with Gasteiger partial charge >= 0.3 is 19.5 Å². The Morgan fingerprint density at radius 3 is 1.93 bits per heavy atom. The third-order valence-electron chi connectivity index (χ3n) is 5.55. The molecule has 0 spiro atoms. The molecule has 0 aliphatic heterocycles. The number of hydrazone groups is 1. The van der Waals surface area contributed by atoms with Crippen LogP contribution in [-0.2, 0) is 44.7 Å². The summed E-state index contributed by atoms with van der Waals surface area (Å²) in [6.07, 6.45) is 5.83. The summed E-state index contributed by atoms with van der Waals surface area (Å²) in [5.74, 6) is 0. The van der Waals surface area contributed by atoms with Crippen molar-refractivity contribution in [1.29, 1.82) is 0 Å². The van der Waals surface area contributed by atoms with E-state index in [0.717, 1.165) is 32.8 Å². The van der Waals surface area contributed by atoms with Gasteiger partial charge in [-0.15, -0.1) is 11.3 Å². The molecule has 8 nitrogen and oxygen atoms in total. The van der Waals surface area contributed by atoms with Crippen LogP contribution in [0.15, 0.2) is 98.3 Å². The van der Waals surface area contributed by atoms with E-state index in [-0.39, 0.29) is 29.8 Å². The second-order valence-corrected chi connectivity index (χ2v) is 10.2. The molecule has 1 heterocycles. The minimum atomic E-state index is 0. The monoisotopic (exact) mass is 646 g/mol. The van der Waals surface area contributed by atoms with Gasteiger partial charge < -0.3 is 30.6 Å². The van der Waals surface area contributed by atoms with Gasteiger partial charge in [0, 0.05) is 17.8 Å². The third-order valence-corrected chi connectivity index (χ3v) is 7.09. The number of amidine groups is 2. The molecule has 0 aliphatic carbocycles. The number of hydrogen-bond donors (Lipinski definition) is 2. The summed E-state index contributed by atoms with van der Waals surface area (Å²) in [6, 6.07) is 24.6.